The standard InChI is InChI=1S/C21H37N3O/c1-12(2)22-21(25)19-10-18(11-24(19)13(3)4)23-20-16-6-14-5-15(8-16)9-17(20)7-14/h12-20,23H,5-11H2,1-4H3,(H,22,25)/t14?,15?,16?,17?,18-,19+,20?/m1/s1. The molecule has 142 valence electrons. The molecule has 1 amide bonds. The summed E-state index contributed by atoms with van der Waals surface area (Å²) in [5, 5.41) is 7.20. The van der Waals surface area contributed by atoms with Gasteiger partial charge in [-0.1, -0.05) is 0 Å². The fourth-order valence-electron chi connectivity index (χ4n) is 6.66. The van der Waals surface area contributed by atoms with Crippen LogP contribution in [0, 0.1) is 23.7 Å². The molecule has 0 spiro atoms. The van der Waals surface area contributed by atoms with Crippen LogP contribution in [0.3, 0.4) is 0 Å². The van der Waals surface area contributed by atoms with Gasteiger partial charge in [-0.3, -0.25) is 9.69 Å². The summed E-state index contributed by atoms with van der Waals surface area (Å²) in [5.41, 5.74) is 0. The third-order valence-corrected chi connectivity index (χ3v) is 7.39. The Morgan fingerprint density at radius 3 is 2.04 bits per heavy atom. The first kappa shape index (κ1) is 17.8. The van der Waals surface area contributed by atoms with Crippen molar-refractivity contribution in [3.05, 3.63) is 0 Å². The van der Waals surface area contributed by atoms with E-state index in [2.05, 4.69) is 43.2 Å². The number of carbonyl (C=O) groups excluding carboxylic acids is 1. The molecule has 5 aliphatic rings. The van der Waals surface area contributed by atoms with Crippen LogP contribution in [0.15, 0.2) is 0 Å². The van der Waals surface area contributed by atoms with Crippen molar-refractivity contribution in [2.75, 3.05) is 6.54 Å². The van der Waals surface area contributed by atoms with E-state index in [9.17, 15) is 4.79 Å². The summed E-state index contributed by atoms with van der Waals surface area (Å²) in [4.78, 5) is 15.1. The molecule has 2 atom stereocenters. The molecular weight excluding hydrogens is 310 g/mol. The van der Waals surface area contributed by atoms with Crippen LogP contribution in [0.4, 0.5) is 0 Å². The molecule has 1 saturated heterocycles. The molecule has 4 heteroatoms. The second kappa shape index (κ2) is 6.84. The number of nitrogens with one attached hydrogen (secondary N) is 2. The Bertz CT molecular complexity index is 475. The summed E-state index contributed by atoms with van der Waals surface area (Å²) in [6, 6.07) is 1.88. The van der Waals surface area contributed by atoms with Crippen LogP contribution in [0.1, 0.15) is 66.2 Å². The molecule has 1 aliphatic heterocycles. The minimum atomic E-state index is 0.0386. The summed E-state index contributed by atoms with van der Waals surface area (Å²) in [6.45, 7) is 9.58. The van der Waals surface area contributed by atoms with E-state index in [1.165, 1.54) is 32.1 Å². The second-order valence-electron chi connectivity index (χ2n) is 10.0. The van der Waals surface area contributed by atoms with Gasteiger partial charge in [-0.25, -0.2) is 0 Å². The molecule has 1 heterocycles. The molecule has 5 rings (SSSR count). The van der Waals surface area contributed by atoms with E-state index >= 15 is 0 Å². The summed E-state index contributed by atoms with van der Waals surface area (Å²) >= 11 is 0. The Hall–Kier alpha value is -0.610. The van der Waals surface area contributed by atoms with E-state index in [4.69, 9.17) is 0 Å². The van der Waals surface area contributed by atoms with Crippen molar-refractivity contribution in [1.82, 2.24) is 15.5 Å². The number of amides is 1. The molecule has 5 fully saturated rings. The van der Waals surface area contributed by atoms with Gasteiger partial charge < -0.3 is 10.6 Å². The van der Waals surface area contributed by atoms with Gasteiger partial charge >= 0.3 is 0 Å². The Balaban J connectivity index is 1.40. The molecule has 4 aliphatic carbocycles. The molecule has 0 aromatic heterocycles. The van der Waals surface area contributed by atoms with E-state index in [-0.39, 0.29) is 18.0 Å². The van der Waals surface area contributed by atoms with Crippen molar-refractivity contribution in [3.63, 3.8) is 0 Å². The summed E-state index contributed by atoms with van der Waals surface area (Å²) in [5.74, 6) is 4.10. The molecular formula is C21H37N3O. The highest BCUT2D eigenvalue weighted by Gasteiger charge is 2.49. The zero-order valence-electron chi connectivity index (χ0n) is 16.5. The fourth-order valence-corrected chi connectivity index (χ4v) is 6.66. The third-order valence-electron chi connectivity index (χ3n) is 7.39. The lowest BCUT2D eigenvalue weighted by Crippen LogP contribution is -2.57. The van der Waals surface area contributed by atoms with Crippen molar-refractivity contribution in [3.8, 4) is 0 Å². The highest BCUT2D eigenvalue weighted by molar-refractivity contribution is 5.82. The predicted octanol–water partition coefficient (Wildman–Crippen LogP) is 2.78. The van der Waals surface area contributed by atoms with Gasteiger partial charge in [0.05, 0.1) is 6.04 Å². The van der Waals surface area contributed by atoms with Gasteiger partial charge in [0.2, 0.25) is 5.91 Å². The molecule has 4 bridgehead atoms. The SMILES string of the molecule is CC(C)NC(=O)[C@@H]1C[C@@H](NC2C3CC4CC(C3)CC2C4)CN1C(C)C. The van der Waals surface area contributed by atoms with Crippen molar-refractivity contribution in [2.45, 2.75) is 96.4 Å². The lowest BCUT2D eigenvalue weighted by Gasteiger charge is -2.55. The van der Waals surface area contributed by atoms with E-state index in [0.29, 0.717) is 12.1 Å². The molecule has 2 N–H and O–H groups in total. The van der Waals surface area contributed by atoms with Crippen LogP contribution in [0.25, 0.3) is 0 Å². The molecule has 0 radical (unpaired) electrons. The minimum Gasteiger partial charge on any atom is -0.353 e. The lowest BCUT2D eigenvalue weighted by atomic mass is 9.54. The van der Waals surface area contributed by atoms with Gasteiger partial charge in [-0.15, -0.1) is 0 Å². The van der Waals surface area contributed by atoms with E-state index < -0.39 is 0 Å². The Labute approximate surface area is 153 Å². The maximum atomic E-state index is 12.7. The average Bonchev–Trinajstić information content (AvgIpc) is 2.94. The van der Waals surface area contributed by atoms with E-state index in [1.54, 1.807) is 0 Å². The Morgan fingerprint density at radius 2 is 1.52 bits per heavy atom. The highest BCUT2D eigenvalue weighted by Crippen LogP contribution is 2.53. The number of hydrogen-bond donors (Lipinski definition) is 2. The normalized spacial score (nSPS) is 43.4. The maximum Gasteiger partial charge on any atom is 0.237 e. The van der Waals surface area contributed by atoms with Gasteiger partial charge in [-0.05, 0) is 89.9 Å². The first-order chi connectivity index (χ1) is 11.9. The summed E-state index contributed by atoms with van der Waals surface area (Å²) < 4.78 is 0. The largest absolute Gasteiger partial charge is 0.353 e. The molecule has 4 nitrogen and oxygen atoms in total. The topological polar surface area (TPSA) is 44.4 Å². The quantitative estimate of drug-likeness (QED) is 0.804. The fraction of sp³-hybridized carbons (Fsp3) is 0.952. The molecule has 0 unspecified atom stereocenters. The van der Waals surface area contributed by atoms with E-state index in [0.717, 1.165) is 42.7 Å². The highest BCUT2D eigenvalue weighted by atomic mass is 16.2. The summed E-state index contributed by atoms with van der Waals surface area (Å²) in [7, 11) is 0. The summed E-state index contributed by atoms with van der Waals surface area (Å²) in [6.07, 6.45) is 8.33. The number of rotatable bonds is 5. The van der Waals surface area contributed by atoms with E-state index in [1.807, 2.05) is 0 Å². The van der Waals surface area contributed by atoms with Crippen LogP contribution in [0.5, 0.6) is 0 Å². The van der Waals surface area contributed by atoms with Crippen molar-refractivity contribution in [2.24, 2.45) is 23.7 Å². The number of carbonyl (C=O) groups is 1. The Morgan fingerprint density at radius 1 is 0.920 bits per heavy atom. The van der Waals surface area contributed by atoms with Gasteiger partial charge in [-0.2, -0.15) is 0 Å². The molecule has 4 saturated carbocycles. The third kappa shape index (κ3) is 3.49. The average molecular weight is 348 g/mol. The van der Waals surface area contributed by atoms with Gasteiger partial charge in [0.1, 0.15) is 0 Å². The van der Waals surface area contributed by atoms with Crippen LogP contribution < -0.4 is 10.6 Å². The second-order valence-corrected chi connectivity index (χ2v) is 10.0. The molecule has 25 heavy (non-hydrogen) atoms. The van der Waals surface area contributed by atoms with Gasteiger partial charge in [0.25, 0.3) is 0 Å². The van der Waals surface area contributed by atoms with Crippen LogP contribution in [-0.2, 0) is 4.79 Å². The first-order valence-corrected chi connectivity index (χ1v) is 10.7. The van der Waals surface area contributed by atoms with Gasteiger partial charge in [0, 0.05) is 30.7 Å². The van der Waals surface area contributed by atoms with Crippen molar-refractivity contribution in [1.29, 1.82) is 0 Å². The minimum absolute atomic E-state index is 0.0386. The smallest absolute Gasteiger partial charge is 0.237 e. The van der Waals surface area contributed by atoms with Crippen LogP contribution in [-0.4, -0.2) is 47.6 Å². The zero-order chi connectivity index (χ0) is 17.7. The number of likely N-dealkylation sites (tertiary alicyclic amines) is 1. The maximum absolute atomic E-state index is 12.7. The monoisotopic (exact) mass is 347 g/mol. The van der Waals surface area contributed by atoms with Crippen LogP contribution in [0.2, 0.25) is 0 Å². The molecule has 0 aromatic rings. The Kier molecular flexibility index (Phi) is 4.87. The van der Waals surface area contributed by atoms with Crippen LogP contribution >= 0.6 is 0 Å². The number of nitrogens with zero attached hydrogens (tertiary/aromatic N) is 1. The first-order valence-electron chi connectivity index (χ1n) is 10.7. The number of hydrogen-bond acceptors (Lipinski definition) is 3. The predicted molar refractivity (Wildman–Crippen MR) is 101 cm³/mol. The molecule has 0 aromatic carbocycles. The van der Waals surface area contributed by atoms with Crippen molar-refractivity contribution >= 4 is 5.91 Å². The van der Waals surface area contributed by atoms with Crippen molar-refractivity contribution < 1.29 is 4.79 Å². The van der Waals surface area contributed by atoms with Gasteiger partial charge in [0.15, 0.2) is 0 Å². The zero-order valence-corrected chi connectivity index (χ0v) is 16.5. The lowest BCUT2D eigenvalue weighted by molar-refractivity contribution is -0.126.